The van der Waals surface area contributed by atoms with Crippen LogP contribution >= 0.6 is 0 Å². The Hall–Kier alpha value is -3.72. The van der Waals surface area contributed by atoms with E-state index in [0.717, 1.165) is 42.6 Å². The number of benzene rings is 2. The molecular formula is C25H25N5O3S. The molecule has 2 aromatic carbocycles. The number of nitrogens with zero attached hydrogens (tertiary/aromatic N) is 4. The van der Waals surface area contributed by atoms with Gasteiger partial charge in [0.05, 0.1) is 10.6 Å². The summed E-state index contributed by atoms with van der Waals surface area (Å²) in [6.45, 7) is 3.87. The van der Waals surface area contributed by atoms with Crippen LogP contribution in [0.4, 0.5) is 5.69 Å². The first-order valence-corrected chi connectivity index (χ1v) is 12.6. The van der Waals surface area contributed by atoms with E-state index in [1.165, 1.54) is 11.9 Å². The summed E-state index contributed by atoms with van der Waals surface area (Å²) in [7, 11) is -3.68. The Morgan fingerprint density at radius 1 is 0.912 bits per heavy atom. The highest BCUT2D eigenvalue weighted by Gasteiger charge is 2.18. The van der Waals surface area contributed by atoms with Crippen molar-refractivity contribution in [3.63, 3.8) is 0 Å². The standard InChI is InChI=1S/C25H25N5O3S/c1-17-13-18(2)30(28-17)24-15-25(27-16-26-24)33-22-10-8-21(9-11-22)29-34(31,32)23-12-7-19-5-3-4-6-20(19)14-23/h7-16,29H,3-6H2,1-2H3. The minimum absolute atomic E-state index is 0.283. The third kappa shape index (κ3) is 4.65. The molecule has 4 aromatic rings. The molecule has 2 heterocycles. The van der Waals surface area contributed by atoms with E-state index in [2.05, 4.69) is 19.8 Å². The van der Waals surface area contributed by atoms with E-state index >= 15 is 0 Å². The summed E-state index contributed by atoms with van der Waals surface area (Å²) in [4.78, 5) is 8.72. The van der Waals surface area contributed by atoms with Crippen molar-refractivity contribution in [1.29, 1.82) is 0 Å². The molecule has 8 nitrogen and oxygen atoms in total. The van der Waals surface area contributed by atoms with E-state index in [1.54, 1.807) is 47.1 Å². The number of ether oxygens (including phenoxy) is 1. The van der Waals surface area contributed by atoms with Gasteiger partial charge in [0.2, 0.25) is 5.88 Å². The molecule has 9 heteroatoms. The third-order valence-corrected chi connectivity index (χ3v) is 7.19. The molecule has 1 aliphatic carbocycles. The molecule has 0 saturated carbocycles. The zero-order chi connectivity index (χ0) is 23.7. The molecule has 34 heavy (non-hydrogen) atoms. The molecule has 174 valence electrons. The second-order valence-electron chi connectivity index (χ2n) is 8.42. The quantitative estimate of drug-likeness (QED) is 0.432. The van der Waals surface area contributed by atoms with Crippen LogP contribution in [0.25, 0.3) is 5.82 Å². The SMILES string of the molecule is Cc1cc(C)n(-c2cc(Oc3ccc(NS(=O)(=O)c4ccc5c(c4)CCCC5)cc3)ncn2)n1. The number of sulfonamides is 1. The smallest absolute Gasteiger partial charge is 0.261 e. The Balaban J connectivity index is 1.30. The Kier molecular flexibility index (Phi) is 5.79. The molecule has 1 N–H and O–H groups in total. The van der Waals surface area contributed by atoms with Gasteiger partial charge in [-0.15, -0.1) is 0 Å². The molecule has 0 fully saturated rings. The number of anilines is 1. The number of aryl methyl sites for hydroxylation is 4. The summed E-state index contributed by atoms with van der Waals surface area (Å²) in [6.07, 6.45) is 5.61. The molecular weight excluding hydrogens is 450 g/mol. The van der Waals surface area contributed by atoms with Crippen molar-refractivity contribution < 1.29 is 13.2 Å². The highest BCUT2D eigenvalue weighted by atomic mass is 32.2. The topological polar surface area (TPSA) is 99.0 Å². The van der Waals surface area contributed by atoms with E-state index in [4.69, 9.17) is 4.74 Å². The summed E-state index contributed by atoms with van der Waals surface area (Å²) in [5.41, 5.74) is 4.68. The van der Waals surface area contributed by atoms with Crippen molar-refractivity contribution in [2.45, 2.75) is 44.4 Å². The number of hydrogen-bond acceptors (Lipinski definition) is 6. The van der Waals surface area contributed by atoms with Gasteiger partial charge in [-0.2, -0.15) is 5.10 Å². The zero-order valence-electron chi connectivity index (χ0n) is 19.0. The molecule has 0 amide bonds. The summed E-state index contributed by atoms with van der Waals surface area (Å²) in [5.74, 6) is 1.49. The minimum Gasteiger partial charge on any atom is -0.439 e. The lowest BCUT2D eigenvalue weighted by Gasteiger charge is -2.17. The summed E-state index contributed by atoms with van der Waals surface area (Å²) >= 11 is 0. The van der Waals surface area contributed by atoms with E-state index in [0.29, 0.717) is 23.1 Å². The van der Waals surface area contributed by atoms with Crippen molar-refractivity contribution in [2.75, 3.05) is 4.72 Å². The van der Waals surface area contributed by atoms with Crippen LogP contribution in [0.2, 0.25) is 0 Å². The number of rotatable bonds is 6. The van der Waals surface area contributed by atoms with Gasteiger partial charge in [-0.25, -0.2) is 23.1 Å². The van der Waals surface area contributed by atoms with Crippen LogP contribution in [0.15, 0.2) is 65.8 Å². The second-order valence-corrected chi connectivity index (χ2v) is 10.1. The maximum atomic E-state index is 12.9. The van der Waals surface area contributed by atoms with Gasteiger partial charge >= 0.3 is 0 Å². The van der Waals surface area contributed by atoms with Crippen LogP contribution < -0.4 is 9.46 Å². The largest absolute Gasteiger partial charge is 0.439 e. The van der Waals surface area contributed by atoms with Crippen LogP contribution in [0.5, 0.6) is 11.6 Å². The monoisotopic (exact) mass is 475 g/mol. The van der Waals surface area contributed by atoms with E-state index in [9.17, 15) is 8.42 Å². The first-order valence-electron chi connectivity index (χ1n) is 11.2. The maximum absolute atomic E-state index is 12.9. The molecule has 0 bridgehead atoms. The van der Waals surface area contributed by atoms with E-state index in [-0.39, 0.29) is 4.90 Å². The first kappa shape index (κ1) is 22.1. The summed E-state index contributed by atoms with van der Waals surface area (Å²) in [6, 6.07) is 15.8. The first-order chi connectivity index (χ1) is 16.4. The predicted octanol–water partition coefficient (Wildman–Crippen LogP) is 4.75. The molecule has 5 rings (SSSR count). The van der Waals surface area contributed by atoms with E-state index < -0.39 is 10.0 Å². The second kappa shape index (κ2) is 8.90. The summed E-state index contributed by atoms with van der Waals surface area (Å²) < 4.78 is 36.0. The predicted molar refractivity (Wildman–Crippen MR) is 129 cm³/mol. The van der Waals surface area contributed by atoms with Crippen LogP contribution in [0, 0.1) is 13.8 Å². The Morgan fingerprint density at radius 3 is 2.41 bits per heavy atom. The van der Waals surface area contributed by atoms with Crippen molar-refractivity contribution >= 4 is 15.7 Å². The highest BCUT2D eigenvalue weighted by Crippen LogP contribution is 2.27. The Morgan fingerprint density at radius 2 is 1.68 bits per heavy atom. The normalized spacial score (nSPS) is 13.4. The summed E-state index contributed by atoms with van der Waals surface area (Å²) in [5, 5.41) is 4.43. The number of fused-ring (bicyclic) bond motifs is 1. The van der Waals surface area contributed by atoms with E-state index in [1.807, 2.05) is 26.0 Å². The van der Waals surface area contributed by atoms with Crippen molar-refractivity contribution in [2.24, 2.45) is 0 Å². The van der Waals surface area contributed by atoms with Gasteiger partial charge in [0.1, 0.15) is 12.1 Å². The lowest BCUT2D eigenvalue weighted by atomic mass is 9.92. The molecule has 1 aliphatic rings. The number of hydrogen-bond donors (Lipinski definition) is 1. The zero-order valence-corrected chi connectivity index (χ0v) is 19.8. The van der Waals surface area contributed by atoms with Gasteiger partial charge in [-0.1, -0.05) is 6.07 Å². The van der Waals surface area contributed by atoms with Gasteiger partial charge in [0.25, 0.3) is 10.0 Å². The third-order valence-electron chi connectivity index (χ3n) is 5.81. The molecule has 0 unspecified atom stereocenters. The van der Waals surface area contributed by atoms with Gasteiger partial charge in [-0.05, 0) is 93.1 Å². The molecule has 0 aliphatic heterocycles. The lowest BCUT2D eigenvalue weighted by Crippen LogP contribution is -2.14. The minimum atomic E-state index is -3.68. The van der Waals surface area contributed by atoms with Crippen molar-refractivity contribution in [3.8, 4) is 17.4 Å². The van der Waals surface area contributed by atoms with Gasteiger partial charge in [-0.3, -0.25) is 4.72 Å². The average molecular weight is 476 g/mol. The van der Waals surface area contributed by atoms with Crippen LogP contribution in [0.3, 0.4) is 0 Å². The average Bonchev–Trinajstić information content (AvgIpc) is 3.18. The Labute approximate surface area is 198 Å². The van der Waals surface area contributed by atoms with Crippen LogP contribution in [-0.2, 0) is 22.9 Å². The number of aromatic nitrogens is 4. The molecule has 0 atom stereocenters. The van der Waals surface area contributed by atoms with Crippen molar-refractivity contribution in [3.05, 3.63) is 83.4 Å². The van der Waals surface area contributed by atoms with Crippen LogP contribution in [-0.4, -0.2) is 28.2 Å². The highest BCUT2D eigenvalue weighted by molar-refractivity contribution is 7.92. The van der Waals surface area contributed by atoms with Gasteiger partial charge < -0.3 is 4.74 Å². The van der Waals surface area contributed by atoms with Crippen molar-refractivity contribution in [1.82, 2.24) is 19.7 Å². The molecule has 0 spiro atoms. The maximum Gasteiger partial charge on any atom is 0.261 e. The van der Waals surface area contributed by atoms with Gasteiger partial charge in [0.15, 0.2) is 5.82 Å². The van der Waals surface area contributed by atoms with Gasteiger partial charge in [0, 0.05) is 17.4 Å². The molecule has 0 radical (unpaired) electrons. The molecule has 2 aromatic heterocycles. The lowest BCUT2D eigenvalue weighted by molar-refractivity contribution is 0.460. The fourth-order valence-corrected chi connectivity index (χ4v) is 5.27. The Bertz CT molecular complexity index is 1450. The number of nitrogens with one attached hydrogen (secondary N) is 1. The van der Waals surface area contributed by atoms with Crippen LogP contribution in [0.1, 0.15) is 35.4 Å². The fourth-order valence-electron chi connectivity index (χ4n) is 4.17. The fraction of sp³-hybridized carbons (Fsp3) is 0.240. The molecule has 0 saturated heterocycles.